The SMILES string of the molecule is CCOC(=O)c1ccc(NC(=O)CC2SC(=N)N(c3ccc(CC)cc3)C2=O)cc1. The number of thioether (sulfide) groups is 1. The Morgan fingerprint density at radius 2 is 1.77 bits per heavy atom. The minimum Gasteiger partial charge on any atom is -0.462 e. The van der Waals surface area contributed by atoms with Gasteiger partial charge in [0.15, 0.2) is 5.17 Å². The number of aryl methyl sites for hydroxylation is 1. The van der Waals surface area contributed by atoms with Gasteiger partial charge in [0.2, 0.25) is 11.8 Å². The first-order valence-corrected chi connectivity index (χ1v) is 10.6. The highest BCUT2D eigenvalue weighted by Gasteiger charge is 2.39. The molecule has 1 saturated heterocycles. The van der Waals surface area contributed by atoms with Gasteiger partial charge in [0, 0.05) is 12.1 Å². The van der Waals surface area contributed by atoms with Crippen molar-refractivity contribution in [3.05, 3.63) is 59.7 Å². The minimum atomic E-state index is -0.651. The third-order valence-electron chi connectivity index (χ3n) is 4.61. The Morgan fingerprint density at radius 3 is 2.37 bits per heavy atom. The Labute approximate surface area is 179 Å². The fourth-order valence-electron chi connectivity index (χ4n) is 3.02. The average molecular weight is 426 g/mol. The maximum Gasteiger partial charge on any atom is 0.338 e. The van der Waals surface area contributed by atoms with Crippen LogP contribution in [-0.2, 0) is 20.7 Å². The molecule has 0 radical (unpaired) electrons. The predicted octanol–water partition coefficient (Wildman–Crippen LogP) is 3.84. The Hall–Kier alpha value is -3.13. The first kappa shape index (κ1) is 21.6. The number of nitrogens with zero attached hydrogens (tertiary/aromatic N) is 1. The van der Waals surface area contributed by atoms with Crippen LogP contribution < -0.4 is 10.2 Å². The summed E-state index contributed by atoms with van der Waals surface area (Å²) in [5.41, 5.74) is 2.70. The van der Waals surface area contributed by atoms with Gasteiger partial charge in [-0.15, -0.1) is 0 Å². The lowest BCUT2D eigenvalue weighted by Gasteiger charge is -2.16. The van der Waals surface area contributed by atoms with Gasteiger partial charge in [0.05, 0.1) is 17.9 Å². The Kier molecular flexibility index (Phi) is 6.89. The predicted molar refractivity (Wildman–Crippen MR) is 118 cm³/mol. The molecule has 1 unspecified atom stereocenters. The quantitative estimate of drug-likeness (QED) is 0.657. The van der Waals surface area contributed by atoms with Crippen LogP contribution in [0.4, 0.5) is 11.4 Å². The summed E-state index contributed by atoms with van der Waals surface area (Å²) in [7, 11) is 0. The van der Waals surface area contributed by atoms with Crippen molar-refractivity contribution in [1.29, 1.82) is 5.41 Å². The van der Waals surface area contributed by atoms with Crippen LogP contribution in [0.3, 0.4) is 0 Å². The molecule has 0 aromatic heterocycles. The van der Waals surface area contributed by atoms with Crippen LogP contribution >= 0.6 is 11.8 Å². The zero-order valence-corrected chi connectivity index (χ0v) is 17.6. The van der Waals surface area contributed by atoms with E-state index in [-0.39, 0.29) is 23.4 Å². The van der Waals surface area contributed by atoms with E-state index >= 15 is 0 Å². The summed E-state index contributed by atoms with van der Waals surface area (Å²) in [6.07, 6.45) is 0.846. The standard InChI is InChI=1S/C22H23N3O4S/c1-3-14-5-11-17(12-6-14)25-20(27)18(30-22(25)23)13-19(26)24-16-9-7-15(8-10-16)21(28)29-4-2/h5-12,18,23H,3-4,13H2,1-2H3,(H,24,26). The fourth-order valence-corrected chi connectivity index (χ4v) is 4.03. The molecule has 7 nitrogen and oxygen atoms in total. The molecule has 2 aromatic carbocycles. The van der Waals surface area contributed by atoms with E-state index in [9.17, 15) is 14.4 Å². The largest absolute Gasteiger partial charge is 0.462 e. The molecule has 30 heavy (non-hydrogen) atoms. The highest BCUT2D eigenvalue weighted by Crippen LogP contribution is 2.33. The summed E-state index contributed by atoms with van der Waals surface area (Å²) in [4.78, 5) is 38.2. The maximum absolute atomic E-state index is 12.8. The molecule has 0 aliphatic carbocycles. The molecule has 1 heterocycles. The number of amides is 2. The van der Waals surface area contributed by atoms with Gasteiger partial charge >= 0.3 is 5.97 Å². The van der Waals surface area contributed by atoms with Crippen molar-refractivity contribution >= 4 is 46.1 Å². The lowest BCUT2D eigenvalue weighted by Crippen LogP contribution is -2.33. The summed E-state index contributed by atoms with van der Waals surface area (Å²) >= 11 is 1.07. The Balaban J connectivity index is 1.60. The van der Waals surface area contributed by atoms with Crippen molar-refractivity contribution in [3.8, 4) is 0 Å². The number of esters is 1. The summed E-state index contributed by atoms with van der Waals surface area (Å²) in [6.45, 7) is 4.07. The van der Waals surface area contributed by atoms with E-state index in [2.05, 4.69) is 5.32 Å². The van der Waals surface area contributed by atoms with Crippen LogP contribution in [0.2, 0.25) is 0 Å². The van der Waals surface area contributed by atoms with Crippen LogP contribution in [0.25, 0.3) is 0 Å². The Bertz CT molecular complexity index is 957. The van der Waals surface area contributed by atoms with Crippen molar-refractivity contribution in [2.45, 2.75) is 31.9 Å². The number of anilines is 2. The second-order valence-corrected chi connectivity index (χ2v) is 7.85. The van der Waals surface area contributed by atoms with Gasteiger partial charge in [-0.05, 0) is 55.3 Å². The monoisotopic (exact) mass is 425 g/mol. The zero-order valence-electron chi connectivity index (χ0n) is 16.8. The molecule has 2 aromatic rings. The number of benzene rings is 2. The molecule has 3 rings (SSSR count). The number of hydrogen-bond acceptors (Lipinski definition) is 6. The van der Waals surface area contributed by atoms with E-state index in [4.69, 9.17) is 10.1 Å². The lowest BCUT2D eigenvalue weighted by molar-refractivity contribution is -0.121. The molecule has 0 saturated carbocycles. The molecule has 0 spiro atoms. The fraction of sp³-hybridized carbons (Fsp3) is 0.273. The van der Waals surface area contributed by atoms with Crippen LogP contribution in [0.5, 0.6) is 0 Å². The number of hydrogen-bond donors (Lipinski definition) is 2. The van der Waals surface area contributed by atoms with Gasteiger partial charge < -0.3 is 10.1 Å². The normalized spacial score (nSPS) is 15.9. The van der Waals surface area contributed by atoms with E-state index in [0.29, 0.717) is 23.5 Å². The summed E-state index contributed by atoms with van der Waals surface area (Å²) in [6, 6.07) is 13.9. The highest BCUT2D eigenvalue weighted by atomic mass is 32.2. The smallest absolute Gasteiger partial charge is 0.338 e. The summed E-state index contributed by atoms with van der Waals surface area (Å²) in [5.74, 6) is -1.03. The second-order valence-electron chi connectivity index (χ2n) is 6.66. The molecular weight excluding hydrogens is 402 g/mol. The number of ether oxygens (including phenoxy) is 1. The van der Waals surface area contributed by atoms with Crippen molar-refractivity contribution in [1.82, 2.24) is 0 Å². The third-order valence-corrected chi connectivity index (χ3v) is 5.66. The molecule has 1 aliphatic rings. The molecule has 1 fully saturated rings. The van der Waals surface area contributed by atoms with Crippen molar-refractivity contribution in [3.63, 3.8) is 0 Å². The van der Waals surface area contributed by atoms with Gasteiger partial charge in [-0.1, -0.05) is 30.8 Å². The molecular formula is C22H23N3O4S. The molecule has 0 bridgehead atoms. The van der Waals surface area contributed by atoms with E-state index in [0.717, 1.165) is 23.7 Å². The van der Waals surface area contributed by atoms with Crippen molar-refractivity contribution in [2.75, 3.05) is 16.8 Å². The van der Waals surface area contributed by atoms with E-state index < -0.39 is 11.2 Å². The topological polar surface area (TPSA) is 99.6 Å². The van der Waals surface area contributed by atoms with E-state index in [1.54, 1.807) is 31.2 Å². The molecule has 2 amide bonds. The van der Waals surface area contributed by atoms with Crippen LogP contribution in [0.15, 0.2) is 48.5 Å². The zero-order chi connectivity index (χ0) is 21.7. The molecule has 1 aliphatic heterocycles. The third kappa shape index (κ3) is 4.88. The van der Waals surface area contributed by atoms with Crippen LogP contribution in [-0.4, -0.2) is 34.8 Å². The number of carbonyl (C=O) groups excluding carboxylic acids is 3. The maximum atomic E-state index is 12.8. The second kappa shape index (κ2) is 9.58. The van der Waals surface area contributed by atoms with Gasteiger partial charge in [-0.2, -0.15) is 0 Å². The molecule has 2 N–H and O–H groups in total. The number of carbonyl (C=O) groups is 3. The summed E-state index contributed by atoms with van der Waals surface area (Å²) in [5, 5.41) is 10.3. The number of rotatable bonds is 7. The highest BCUT2D eigenvalue weighted by molar-refractivity contribution is 8.16. The van der Waals surface area contributed by atoms with Gasteiger partial charge in [0.1, 0.15) is 5.25 Å². The van der Waals surface area contributed by atoms with Crippen molar-refractivity contribution in [2.24, 2.45) is 0 Å². The average Bonchev–Trinajstić information content (AvgIpc) is 3.01. The van der Waals surface area contributed by atoms with Crippen LogP contribution in [0, 0.1) is 5.41 Å². The molecule has 1 atom stereocenters. The number of nitrogens with one attached hydrogen (secondary N) is 2. The first-order chi connectivity index (χ1) is 14.4. The van der Waals surface area contributed by atoms with Gasteiger partial charge in [-0.3, -0.25) is 19.9 Å². The van der Waals surface area contributed by atoms with Gasteiger partial charge in [-0.25, -0.2) is 4.79 Å². The van der Waals surface area contributed by atoms with Crippen LogP contribution in [0.1, 0.15) is 36.2 Å². The van der Waals surface area contributed by atoms with Crippen molar-refractivity contribution < 1.29 is 19.1 Å². The number of amidine groups is 1. The summed E-state index contributed by atoms with van der Waals surface area (Å²) < 4.78 is 4.93. The molecule has 8 heteroatoms. The minimum absolute atomic E-state index is 0.0466. The first-order valence-electron chi connectivity index (χ1n) is 9.68. The Morgan fingerprint density at radius 1 is 1.10 bits per heavy atom. The van der Waals surface area contributed by atoms with Gasteiger partial charge in [0.25, 0.3) is 0 Å². The lowest BCUT2D eigenvalue weighted by atomic mass is 10.1. The van der Waals surface area contributed by atoms with E-state index in [1.165, 1.54) is 4.90 Å². The van der Waals surface area contributed by atoms with E-state index in [1.807, 2.05) is 31.2 Å². The molecule has 156 valence electrons.